The van der Waals surface area contributed by atoms with Crippen LogP contribution in [-0.4, -0.2) is 19.0 Å². The fourth-order valence-electron chi connectivity index (χ4n) is 3.11. The second-order valence-electron chi connectivity index (χ2n) is 5.14. The number of rotatable bonds is 3. The topological polar surface area (TPSA) is 54.3 Å². The van der Waals surface area contributed by atoms with Crippen LogP contribution in [0.3, 0.4) is 0 Å². The van der Waals surface area contributed by atoms with Gasteiger partial charge in [0.25, 0.3) is 0 Å². The molecular weight excluding hydrogens is 216 g/mol. The molecule has 1 aromatic rings. The SMILES string of the molecule is O=C(NCc1ccco1)C1CC2CNCC2C1. The van der Waals surface area contributed by atoms with E-state index in [-0.39, 0.29) is 11.8 Å². The number of fused-ring (bicyclic) bond motifs is 1. The smallest absolute Gasteiger partial charge is 0.223 e. The van der Waals surface area contributed by atoms with Crippen LogP contribution in [0, 0.1) is 17.8 Å². The Kier molecular flexibility index (Phi) is 2.89. The summed E-state index contributed by atoms with van der Waals surface area (Å²) in [6, 6.07) is 3.72. The average Bonchev–Trinajstić information content (AvgIpc) is 3.01. The third-order valence-electron chi connectivity index (χ3n) is 4.04. The van der Waals surface area contributed by atoms with Gasteiger partial charge in [-0.2, -0.15) is 0 Å². The van der Waals surface area contributed by atoms with Gasteiger partial charge in [-0.05, 0) is 49.9 Å². The minimum Gasteiger partial charge on any atom is -0.467 e. The van der Waals surface area contributed by atoms with Crippen LogP contribution in [0.15, 0.2) is 22.8 Å². The van der Waals surface area contributed by atoms with Gasteiger partial charge in [0.15, 0.2) is 0 Å². The first kappa shape index (κ1) is 10.8. The molecular formula is C13H18N2O2. The number of hydrogen-bond donors (Lipinski definition) is 2. The molecule has 17 heavy (non-hydrogen) atoms. The van der Waals surface area contributed by atoms with Gasteiger partial charge in [0.05, 0.1) is 12.8 Å². The molecule has 1 amide bonds. The maximum Gasteiger partial charge on any atom is 0.223 e. The van der Waals surface area contributed by atoms with E-state index in [9.17, 15) is 4.79 Å². The Balaban J connectivity index is 1.50. The average molecular weight is 234 g/mol. The van der Waals surface area contributed by atoms with E-state index < -0.39 is 0 Å². The Morgan fingerprint density at radius 1 is 1.41 bits per heavy atom. The van der Waals surface area contributed by atoms with Crippen molar-refractivity contribution in [3.8, 4) is 0 Å². The van der Waals surface area contributed by atoms with Crippen molar-refractivity contribution in [1.82, 2.24) is 10.6 Å². The van der Waals surface area contributed by atoms with Crippen molar-refractivity contribution in [2.45, 2.75) is 19.4 Å². The maximum absolute atomic E-state index is 12.0. The fraction of sp³-hybridized carbons (Fsp3) is 0.615. The third-order valence-corrected chi connectivity index (χ3v) is 4.04. The summed E-state index contributed by atoms with van der Waals surface area (Å²) in [5.41, 5.74) is 0. The van der Waals surface area contributed by atoms with Gasteiger partial charge in [0.2, 0.25) is 5.91 Å². The van der Waals surface area contributed by atoms with Crippen LogP contribution >= 0.6 is 0 Å². The number of carbonyl (C=O) groups is 1. The monoisotopic (exact) mass is 234 g/mol. The van der Waals surface area contributed by atoms with Crippen LogP contribution in [0.1, 0.15) is 18.6 Å². The van der Waals surface area contributed by atoms with E-state index in [0.717, 1.165) is 43.5 Å². The normalized spacial score (nSPS) is 31.4. The quantitative estimate of drug-likeness (QED) is 0.824. The molecule has 0 aromatic carbocycles. The minimum absolute atomic E-state index is 0.191. The Labute approximate surface area is 101 Å². The summed E-state index contributed by atoms with van der Waals surface area (Å²) in [6.45, 7) is 2.69. The van der Waals surface area contributed by atoms with E-state index in [0.29, 0.717) is 6.54 Å². The molecule has 0 radical (unpaired) electrons. The van der Waals surface area contributed by atoms with Crippen LogP contribution in [0.2, 0.25) is 0 Å². The highest BCUT2D eigenvalue weighted by atomic mass is 16.3. The van der Waals surface area contributed by atoms with Crippen molar-refractivity contribution in [2.24, 2.45) is 17.8 Å². The van der Waals surface area contributed by atoms with Gasteiger partial charge in [-0.15, -0.1) is 0 Å². The standard InChI is InChI=1S/C13H18N2O2/c16-13(15-8-12-2-1-3-17-12)9-4-10-6-14-7-11(10)5-9/h1-3,9-11,14H,4-8H2,(H,15,16). The fourth-order valence-corrected chi connectivity index (χ4v) is 3.11. The summed E-state index contributed by atoms with van der Waals surface area (Å²) in [6.07, 6.45) is 3.72. The van der Waals surface area contributed by atoms with Gasteiger partial charge < -0.3 is 15.1 Å². The molecule has 3 rings (SSSR count). The number of amides is 1. The summed E-state index contributed by atoms with van der Waals surface area (Å²) in [7, 11) is 0. The van der Waals surface area contributed by atoms with Crippen LogP contribution in [0.25, 0.3) is 0 Å². The lowest BCUT2D eigenvalue weighted by Gasteiger charge is -2.11. The number of hydrogen-bond acceptors (Lipinski definition) is 3. The zero-order chi connectivity index (χ0) is 11.7. The molecule has 4 heteroatoms. The van der Waals surface area contributed by atoms with Crippen LogP contribution in [0.5, 0.6) is 0 Å². The van der Waals surface area contributed by atoms with Gasteiger partial charge in [0, 0.05) is 5.92 Å². The van der Waals surface area contributed by atoms with Crippen LogP contribution in [0.4, 0.5) is 0 Å². The molecule has 0 bridgehead atoms. The summed E-state index contributed by atoms with van der Waals surface area (Å²) < 4.78 is 5.20. The molecule has 2 aliphatic rings. The van der Waals surface area contributed by atoms with Crippen molar-refractivity contribution in [3.63, 3.8) is 0 Å². The lowest BCUT2D eigenvalue weighted by molar-refractivity contribution is -0.125. The van der Waals surface area contributed by atoms with E-state index >= 15 is 0 Å². The first-order valence-electron chi connectivity index (χ1n) is 6.34. The second kappa shape index (κ2) is 4.53. The first-order chi connectivity index (χ1) is 8.33. The molecule has 2 heterocycles. The zero-order valence-corrected chi connectivity index (χ0v) is 9.82. The molecule has 2 unspecified atom stereocenters. The molecule has 2 fully saturated rings. The van der Waals surface area contributed by atoms with Gasteiger partial charge >= 0.3 is 0 Å². The van der Waals surface area contributed by atoms with Gasteiger partial charge in [-0.3, -0.25) is 4.79 Å². The van der Waals surface area contributed by atoms with Crippen molar-refractivity contribution < 1.29 is 9.21 Å². The molecule has 1 aliphatic carbocycles. The highest BCUT2D eigenvalue weighted by Gasteiger charge is 2.40. The summed E-state index contributed by atoms with van der Waals surface area (Å²) in [5.74, 6) is 2.65. The number of nitrogens with one attached hydrogen (secondary N) is 2. The van der Waals surface area contributed by atoms with Crippen molar-refractivity contribution in [3.05, 3.63) is 24.2 Å². The Hall–Kier alpha value is -1.29. The van der Waals surface area contributed by atoms with E-state index in [1.54, 1.807) is 6.26 Å². The highest BCUT2D eigenvalue weighted by Crippen LogP contribution is 2.38. The van der Waals surface area contributed by atoms with Gasteiger partial charge in [-0.25, -0.2) is 0 Å². The van der Waals surface area contributed by atoms with Crippen molar-refractivity contribution in [2.75, 3.05) is 13.1 Å². The Morgan fingerprint density at radius 3 is 2.82 bits per heavy atom. The minimum atomic E-state index is 0.191. The molecule has 0 spiro atoms. The largest absolute Gasteiger partial charge is 0.467 e. The van der Waals surface area contributed by atoms with Gasteiger partial charge in [0.1, 0.15) is 5.76 Å². The second-order valence-corrected chi connectivity index (χ2v) is 5.14. The molecule has 1 aliphatic heterocycles. The molecule has 2 atom stereocenters. The van der Waals surface area contributed by atoms with E-state index in [1.807, 2.05) is 12.1 Å². The third kappa shape index (κ3) is 2.22. The molecule has 92 valence electrons. The summed E-state index contributed by atoms with van der Waals surface area (Å²) >= 11 is 0. The lowest BCUT2D eigenvalue weighted by Crippen LogP contribution is -2.30. The molecule has 1 aromatic heterocycles. The Bertz CT molecular complexity index is 376. The predicted molar refractivity (Wildman–Crippen MR) is 63.1 cm³/mol. The zero-order valence-electron chi connectivity index (χ0n) is 9.82. The van der Waals surface area contributed by atoms with E-state index in [2.05, 4.69) is 10.6 Å². The highest BCUT2D eigenvalue weighted by molar-refractivity contribution is 5.78. The summed E-state index contributed by atoms with van der Waals surface area (Å²) in [4.78, 5) is 12.0. The molecule has 1 saturated carbocycles. The Morgan fingerprint density at radius 2 is 2.18 bits per heavy atom. The van der Waals surface area contributed by atoms with Gasteiger partial charge in [-0.1, -0.05) is 0 Å². The first-order valence-corrected chi connectivity index (χ1v) is 6.34. The van der Waals surface area contributed by atoms with Crippen LogP contribution < -0.4 is 10.6 Å². The van der Waals surface area contributed by atoms with Crippen LogP contribution in [-0.2, 0) is 11.3 Å². The molecule has 2 N–H and O–H groups in total. The van der Waals surface area contributed by atoms with Crippen molar-refractivity contribution >= 4 is 5.91 Å². The number of carbonyl (C=O) groups excluding carboxylic acids is 1. The summed E-state index contributed by atoms with van der Waals surface area (Å²) in [5, 5.41) is 6.35. The number of furan rings is 1. The predicted octanol–water partition coefficient (Wildman–Crippen LogP) is 1.14. The van der Waals surface area contributed by atoms with Crippen molar-refractivity contribution in [1.29, 1.82) is 0 Å². The van der Waals surface area contributed by atoms with E-state index in [1.165, 1.54) is 0 Å². The molecule has 4 nitrogen and oxygen atoms in total. The van der Waals surface area contributed by atoms with E-state index in [4.69, 9.17) is 4.42 Å². The maximum atomic E-state index is 12.0. The lowest BCUT2D eigenvalue weighted by atomic mass is 10.0. The molecule has 1 saturated heterocycles.